The number of rotatable bonds is 9. The molecule has 0 unspecified atom stereocenters. The van der Waals surface area contributed by atoms with Crippen LogP contribution in [0.5, 0.6) is 5.75 Å². The Morgan fingerprint density at radius 2 is 2.03 bits per heavy atom. The smallest absolute Gasteiger partial charge is 0.354 e. The molecule has 0 radical (unpaired) electrons. The second kappa shape index (κ2) is 9.67. The van der Waals surface area contributed by atoms with Gasteiger partial charge in [0.15, 0.2) is 0 Å². The van der Waals surface area contributed by atoms with Gasteiger partial charge in [0.05, 0.1) is 12.2 Å². The number of nitrogens with zero attached hydrogens (tertiary/aromatic N) is 3. The zero-order valence-corrected chi connectivity index (χ0v) is 20.3. The van der Waals surface area contributed by atoms with Crippen molar-refractivity contribution in [2.45, 2.75) is 50.2 Å². The number of hydrogen-bond donors (Lipinski definition) is 1. The number of ether oxygens (including phenoxy) is 1. The van der Waals surface area contributed by atoms with Gasteiger partial charge in [0.2, 0.25) is 4.34 Å². The highest BCUT2D eigenvalue weighted by atomic mass is 32.2. The van der Waals surface area contributed by atoms with Crippen LogP contribution in [0.4, 0.5) is 10.1 Å². The molecule has 0 amide bonds. The van der Waals surface area contributed by atoms with E-state index in [-0.39, 0.29) is 28.9 Å². The number of alkyl halides is 1. The molecule has 34 heavy (non-hydrogen) atoms. The lowest BCUT2D eigenvalue weighted by Crippen LogP contribution is -2.36. The van der Waals surface area contributed by atoms with Crippen molar-refractivity contribution < 1.29 is 27.4 Å². The molecule has 180 valence electrons. The molecule has 2 heterocycles. The fraction of sp³-hybridized carbons (Fsp3) is 0.348. The number of thiazole rings is 1. The predicted molar refractivity (Wildman–Crippen MR) is 126 cm³/mol. The van der Waals surface area contributed by atoms with Crippen molar-refractivity contribution in [3.05, 3.63) is 63.9 Å². The van der Waals surface area contributed by atoms with Crippen molar-refractivity contribution in [2.24, 2.45) is 0 Å². The second-order valence-electron chi connectivity index (χ2n) is 8.16. The number of aromatic carboxylic acids is 1. The van der Waals surface area contributed by atoms with Gasteiger partial charge in [-0.15, -0.1) is 11.3 Å². The Hall–Kier alpha value is -3.05. The molecule has 1 atom stereocenters. The van der Waals surface area contributed by atoms with Gasteiger partial charge in [-0.1, -0.05) is 6.07 Å². The number of aromatic nitrogens is 2. The number of benzene rings is 1. The van der Waals surface area contributed by atoms with E-state index in [1.54, 1.807) is 24.4 Å². The van der Waals surface area contributed by atoms with Gasteiger partial charge in [0.25, 0.3) is 10.0 Å². The van der Waals surface area contributed by atoms with Crippen LogP contribution >= 0.6 is 11.3 Å². The maximum atomic E-state index is 14.2. The van der Waals surface area contributed by atoms with Crippen molar-refractivity contribution in [2.75, 3.05) is 10.8 Å². The molecule has 0 spiro atoms. The third-order valence-corrected chi connectivity index (χ3v) is 8.54. The summed E-state index contributed by atoms with van der Waals surface area (Å²) in [5, 5.41) is 10.7. The lowest BCUT2D eigenvalue weighted by Gasteiger charge is -2.27. The molecule has 1 aliphatic carbocycles. The predicted octanol–water partition coefficient (Wildman–Crippen LogP) is 4.17. The highest BCUT2D eigenvalue weighted by Crippen LogP contribution is 2.39. The summed E-state index contributed by atoms with van der Waals surface area (Å²) in [4.78, 5) is 19.0. The Labute approximate surface area is 201 Å². The van der Waals surface area contributed by atoms with Crippen LogP contribution in [0.1, 0.15) is 46.2 Å². The van der Waals surface area contributed by atoms with Crippen LogP contribution in [0.3, 0.4) is 0 Å². The van der Waals surface area contributed by atoms with Crippen LogP contribution in [0.15, 0.2) is 40.2 Å². The Bertz CT molecular complexity index is 1310. The SMILES string of the molecule is Cc1csc(S(=O)(=O)N(C[C@H](C)F)c2cc3c(cc2OCc2ccc(C(=O)O)nc2)CCC3)n1. The number of pyridine rings is 1. The molecule has 1 aromatic carbocycles. The molecule has 0 aliphatic heterocycles. The number of sulfonamides is 1. The molecule has 4 rings (SSSR count). The minimum atomic E-state index is -4.12. The molecular formula is C23H24FN3O5S2. The van der Waals surface area contributed by atoms with E-state index in [4.69, 9.17) is 9.84 Å². The maximum absolute atomic E-state index is 14.2. The van der Waals surface area contributed by atoms with E-state index in [9.17, 15) is 17.6 Å². The molecule has 11 heteroatoms. The number of anilines is 1. The first-order chi connectivity index (χ1) is 16.1. The van der Waals surface area contributed by atoms with Crippen LogP contribution in [-0.4, -0.2) is 42.2 Å². The summed E-state index contributed by atoms with van der Waals surface area (Å²) in [7, 11) is -4.12. The standard InChI is InChI=1S/C23H24FN3O5S2/c1-14(24)11-27(34(30,31)23-26-15(2)13-33-23)20-8-17-4-3-5-18(17)9-21(20)32-12-16-6-7-19(22(28)29)25-10-16/h6-10,13-14H,3-5,11-12H2,1-2H3,(H,28,29)/t14-/m0/s1. The first kappa shape index (κ1) is 24.1. The van der Waals surface area contributed by atoms with E-state index in [0.29, 0.717) is 17.0 Å². The molecule has 0 saturated carbocycles. The summed E-state index contributed by atoms with van der Waals surface area (Å²) >= 11 is 0.992. The second-order valence-corrected chi connectivity index (χ2v) is 11.1. The number of carboxylic acids is 1. The number of carbonyl (C=O) groups is 1. The summed E-state index contributed by atoms with van der Waals surface area (Å²) in [5.41, 5.74) is 3.42. The third kappa shape index (κ3) is 5.05. The molecule has 2 aromatic heterocycles. The molecular weight excluding hydrogens is 481 g/mol. The van der Waals surface area contributed by atoms with E-state index < -0.39 is 22.2 Å². The first-order valence-corrected chi connectivity index (χ1v) is 13.0. The first-order valence-electron chi connectivity index (χ1n) is 10.7. The van der Waals surface area contributed by atoms with Gasteiger partial charge in [0.1, 0.15) is 24.2 Å². The average molecular weight is 506 g/mol. The van der Waals surface area contributed by atoms with E-state index in [1.165, 1.54) is 19.2 Å². The van der Waals surface area contributed by atoms with E-state index >= 15 is 0 Å². The van der Waals surface area contributed by atoms with Gasteiger partial charge in [-0.3, -0.25) is 4.31 Å². The molecule has 1 aliphatic rings. The lowest BCUT2D eigenvalue weighted by atomic mass is 10.1. The van der Waals surface area contributed by atoms with Crippen LogP contribution in [0.25, 0.3) is 0 Å². The van der Waals surface area contributed by atoms with Crippen LogP contribution < -0.4 is 9.04 Å². The van der Waals surface area contributed by atoms with Crippen LogP contribution in [0.2, 0.25) is 0 Å². The summed E-state index contributed by atoms with van der Waals surface area (Å²) in [6.07, 6.45) is 2.56. The number of aryl methyl sites for hydroxylation is 3. The van der Waals surface area contributed by atoms with E-state index in [2.05, 4.69) is 9.97 Å². The molecule has 0 bridgehead atoms. The number of carboxylic acid groups (broad SMARTS) is 1. The molecule has 1 N–H and O–H groups in total. The molecule has 3 aromatic rings. The van der Waals surface area contributed by atoms with Crippen molar-refractivity contribution >= 4 is 33.0 Å². The van der Waals surface area contributed by atoms with Crippen molar-refractivity contribution in [1.29, 1.82) is 0 Å². The zero-order valence-electron chi connectivity index (χ0n) is 18.7. The monoisotopic (exact) mass is 505 g/mol. The van der Waals surface area contributed by atoms with Gasteiger partial charge >= 0.3 is 5.97 Å². The quantitative estimate of drug-likeness (QED) is 0.465. The zero-order chi connectivity index (χ0) is 24.5. The van der Waals surface area contributed by atoms with Crippen molar-refractivity contribution in [3.63, 3.8) is 0 Å². The Morgan fingerprint density at radius 1 is 1.29 bits per heavy atom. The van der Waals surface area contributed by atoms with E-state index in [0.717, 1.165) is 46.0 Å². The van der Waals surface area contributed by atoms with Gasteiger partial charge in [-0.05, 0) is 62.4 Å². The van der Waals surface area contributed by atoms with Crippen LogP contribution in [0, 0.1) is 6.92 Å². The molecule has 0 fully saturated rings. The van der Waals surface area contributed by atoms with Gasteiger partial charge in [-0.25, -0.2) is 19.2 Å². The fourth-order valence-electron chi connectivity index (χ4n) is 3.80. The number of fused-ring (bicyclic) bond motifs is 1. The third-order valence-electron chi connectivity index (χ3n) is 5.41. The van der Waals surface area contributed by atoms with Gasteiger partial charge < -0.3 is 9.84 Å². The van der Waals surface area contributed by atoms with Crippen molar-refractivity contribution in [3.8, 4) is 5.75 Å². The topological polar surface area (TPSA) is 110 Å². The lowest BCUT2D eigenvalue weighted by molar-refractivity contribution is 0.0690. The summed E-state index contributed by atoms with van der Waals surface area (Å²) in [6, 6.07) is 6.54. The Balaban J connectivity index is 1.73. The maximum Gasteiger partial charge on any atom is 0.354 e. The van der Waals surface area contributed by atoms with Gasteiger partial charge in [-0.2, -0.15) is 8.42 Å². The highest BCUT2D eigenvalue weighted by Gasteiger charge is 2.32. The van der Waals surface area contributed by atoms with E-state index in [1.807, 2.05) is 6.07 Å². The summed E-state index contributed by atoms with van der Waals surface area (Å²) in [6.45, 7) is 2.66. The summed E-state index contributed by atoms with van der Waals surface area (Å²) < 4.78 is 48.2. The molecule has 8 nitrogen and oxygen atoms in total. The normalized spacial score (nSPS) is 14.0. The van der Waals surface area contributed by atoms with Crippen LogP contribution in [-0.2, 0) is 29.5 Å². The average Bonchev–Trinajstić information content (AvgIpc) is 3.44. The molecule has 0 saturated heterocycles. The number of hydrogen-bond acceptors (Lipinski definition) is 7. The largest absolute Gasteiger partial charge is 0.487 e. The number of halogens is 1. The van der Waals surface area contributed by atoms with Gasteiger partial charge in [0, 0.05) is 22.8 Å². The highest BCUT2D eigenvalue weighted by molar-refractivity contribution is 7.94. The minimum Gasteiger partial charge on any atom is -0.487 e. The fourth-order valence-corrected chi connectivity index (χ4v) is 6.47. The summed E-state index contributed by atoms with van der Waals surface area (Å²) in [5.74, 6) is -0.826. The minimum absolute atomic E-state index is 0.0358. The van der Waals surface area contributed by atoms with Crippen molar-refractivity contribution in [1.82, 2.24) is 9.97 Å². The Morgan fingerprint density at radius 3 is 2.62 bits per heavy atom. The Kier molecular flexibility index (Phi) is 6.85.